The molecule has 1 rings (SSSR count). The molecule has 1 aliphatic rings. The van der Waals surface area contributed by atoms with Gasteiger partial charge < -0.3 is 10.0 Å². The van der Waals surface area contributed by atoms with Crippen molar-refractivity contribution in [3.8, 4) is 0 Å². The van der Waals surface area contributed by atoms with E-state index >= 15 is 0 Å². The van der Waals surface area contributed by atoms with E-state index in [-0.39, 0.29) is 11.9 Å². The molecule has 1 saturated heterocycles. The summed E-state index contributed by atoms with van der Waals surface area (Å²) in [5, 5.41) is 9.39. The molecule has 0 atom stereocenters. The number of nitrogens with one attached hydrogen (secondary N) is 1. The molecule has 0 amide bonds. The number of hydrogen-bond acceptors (Lipinski definition) is 4. The summed E-state index contributed by atoms with van der Waals surface area (Å²) in [6, 6.07) is 0. The maximum Gasteiger partial charge on any atom is 0.211 e. The predicted octanol–water partition coefficient (Wildman–Crippen LogP) is 0.799. The number of rotatable bonds is 8. The third kappa shape index (κ3) is 7.87. The lowest BCUT2D eigenvalue weighted by atomic mass is 10.1. The second-order valence-electron chi connectivity index (χ2n) is 5.82. The number of likely N-dealkylation sites (tertiary alicyclic amines) is 1. The highest BCUT2D eigenvalue weighted by Gasteiger charge is 2.16. The highest BCUT2D eigenvalue weighted by Crippen LogP contribution is 2.09. The van der Waals surface area contributed by atoms with Crippen LogP contribution in [0.15, 0.2) is 0 Å². The molecule has 6 heteroatoms. The van der Waals surface area contributed by atoms with Crippen molar-refractivity contribution in [3.05, 3.63) is 0 Å². The van der Waals surface area contributed by atoms with Gasteiger partial charge in [-0.3, -0.25) is 0 Å². The predicted molar refractivity (Wildman–Crippen MR) is 77.5 cm³/mol. The van der Waals surface area contributed by atoms with Crippen molar-refractivity contribution < 1.29 is 13.5 Å². The number of sulfonamides is 1. The molecule has 0 aromatic heterocycles. The summed E-state index contributed by atoms with van der Waals surface area (Å²) in [5.41, 5.74) is 0. The molecule has 5 nitrogen and oxygen atoms in total. The second kappa shape index (κ2) is 8.19. The third-order valence-electron chi connectivity index (χ3n) is 3.49. The Balaban J connectivity index is 2.09. The zero-order valence-corrected chi connectivity index (χ0v) is 13.0. The second-order valence-corrected chi connectivity index (χ2v) is 7.75. The van der Waals surface area contributed by atoms with Gasteiger partial charge >= 0.3 is 0 Å². The van der Waals surface area contributed by atoms with E-state index in [9.17, 15) is 13.5 Å². The Hall–Kier alpha value is -0.170. The number of hydrogen-bond donors (Lipinski definition) is 2. The summed E-state index contributed by atoms with van der Waals surface area (Å²) in [4.78, 5) is 2.29. The number of aliphatic hydroxyl groups excluding tert-OH is 1. The van der Waals surface area contributed by atoms with E-state index in [4.69, 9.17) is 0 Å². The summed E-state index contributed by atoms with van der Waals surface area (Å²) < 4.78 is 26.0. The molecule has 0 spiro atoms. The van der Waals surface area contributed by atoms with E-state index in [1.54, 1.807) is 0 Å². The fourth-order valence-electron chi connectivity index (χ4n) is 2.14. The number of aliphatic hydroxyl groups is 1. The maximum absolute atomic E-state index is 11.7. The van der Waals surface area contributed by atoms with Gasteiger partial charge in [0.05, 0.1) is 11.9 Å². The van der Waals surface area contributed by atoms with Crippen LogP contribution in [0.2, 0.25) is 0 Å². The fourth-order valence-corrected chi connectivity index (χ4v) is 3.52. The number of piperidine rings is 1. The van der Waals surface area contributed by atoms with Gasteiger partial charge in [0.2, 0.25) is 10.0 Å². The van der Waals surface area contributed by atoms with Crippen LogP contribution >= 0.6 is 0 Å². The van der Waals surface area contributed by atoms with Crippen LogP contribution in [-0.4, -0.2) is 56.5 Å². The van der Waals surface area contributed by atoms with E-state index in [0.29, 0.717) is 18.9 Å². The first-order chi connectivity index (χ1) is 8.89. The lowest BCUT2D eigenvalue weighted by Gasteiger charge is -2.29. The minimum atomic E-state index is -3.10. The first kappa shape index (κ1) is 16.9. The van der Waals surface area contributed by atoms with E-state index in [2.05, 4.69) is 9.62 Å². The molecule has 1 aliphatic heterocycles. The van der Waals surface area contributed by atoms with Crippen molar-refractivity contribution in [2.24, 2.45) is 5.92 Å². The number of nitrogens with zero attached hydrogens (tertiary/aromatic N) is 1. The molecule has 2 N–H and O–H groups in total. The van der Waals surface area contributed by atoms with Gasteiger partial charge in [0, 0.05) is 19.6 Å². The van der Waals surface area contributed by atoms with Gasteiger partial charge in [-0.15, -0.1) is 0 Å². The lowest BCUT2D eigenvalue weighted by Crippen LogP contribution is -2.37. The van der Waals surface area contributed by atoms with Gasteiger partial charge in [-0.1, -0.05) is 13.8 Å². The third-order valence-corrected chi connectivity index (χ3v) is 4.91. The smallest absolute Gasteiger partial charge is 0.211 e. The maximum atomic E-state index is 11.7. The van der Waals surface area contributed by atoms with Crippen LogP contribution in [0.4, 0.5) is 0 Å². The van der Waals surface area contributed by atoms with Gasteiger partial charge in [-0.05, 0) is 38.1 Å². The Morgan fingerprint density at radius 3 is 2.53 bits per heavy atom. The standard InChI is InChI=1S/C13H28N2O3S/c1-12(2)6-11-19(17,18)14-7-3-8-15-9-4-13(16)5-10-15/h12-14,16H,3-11H2,1-2H3. The van der Waals surface area contributed by atoms with Gasteiger partial charge in [0.15, 0.2) is 0 Å². The molecule has 0 aromatic carbocycles. The molecule has 0 unspecified atom stereocenters. The Kier molecular flexibility index (Phi) is 7.28. The average molecular weight is 292 g/mol. The molecule has 1 fully saturated rings. The monoisotopic (exact) mass is 292 g/mol. The molecular formula is C13H28N2O3S. The average Bonchev–Trinajstić information content (AvgIpc) is 2.35. The van der Waals surface area contributed by atoms with Crippen molar-refractivity contribution in [2.75, 3.05) is 31.9 Å². The Bertz CT molecular complexity index is 336. The summed E-state index contributed by atoms with van der Waals surface area (Å²) in [5.74, 6) is 0.636. The van der Waals surface area contributed by atoms with Crippen LogP contribution in [0, 0.1) is 5.92 Å². The minimum Gasteiger partial charge on any atom is -0.393 e. The largest absolute Gasteiger partial charge is 0.393 e. The van der Waals surface area contributed by atoms with Gasteiger partial charge in [-0.25, -0.2) is 13.1 Å². The molecule has 0 bridgehead atoms. The fraction of sp³-hybridized carbons (Fsp3) is 1.00. The van der Waals surface area contributed by atoms with Gasteiger partial charge in [-0.2, -0.15) is 0 Å². The van der Waals surface area contributed by atoms with Crippen molar-refractivity contribution in [2.45, 2.75) is 45.6 Å². The van der Waals surface area contributed by atoms with E-state index < -0.39 is 10.0 Å². The van der Waals surface area contributed by atoms with Gasteiger partial charge in [0.1, 0.15) is 0 Å². The Morgan fingerprint density at radius 2 is 1.95 bits per heavy atom. The molecule has 0 aromatic rings. The summed E-state index contributed by atoms with van der Waals surface area (Å²) >= 11 is 0. The van der Waals surface area contributed by atoms with Crippen molar-refractivity contribution in [1.29, 1.82) is 0 Å². The normalized spacial score (nSPS) is 19.2. The first-order valence-electron chi connectivity index (χ1n) is 7.27. The zero-order valence-electron chi connectivity index (χ0n) is 12.1. The highest BCUT2D eigenvalue weighted by molar-refractivity contribution is 7.89. The quantitative estimate of drug-likeness (QED) is 0.649. The van der Waals surface area contributed by atoms with Crippen molar-refractivity contribution >= 4 is 10.0 Å². The minimum absolute atomic E-state index is 0.147. The summed E-state index contributed by atoms with van der Waals surface area (Å²) in [6.45, 7) is 7.31. The Labute approximate surface area is 117 Å². The molecule has 0 radical (unpaired) electrons. The molecule has 19 heavy (non-hydrogen) atoms. The highest BCUT2D eigenvalue weighted by atomic mass is 32.2. The molecule has 1 heterocycles. The first-order valence-corrected chi connectivity index (χ1v) is 8.92. The zero-order chi connectivity index (χ0) is 14.3. The topological polar surface area (TPSA) is 69.6 Å². The van der Waals surface area contributed by atoms with E-state index in [1.807, 2.05) is 13.8 Å². The van der Waals surface area contributed by atoms with E-state index in [0.717, 1.165) is 38.9 Å². The van der Waals surface area contributed by atoms with Crippen LogP contribution in [0.5, 0.6) is 0 Å². The molecule has 0 aliphatic carbocycles. The van der Waals surface area contributed by atoms with E-state index in [1.165, 1.54) is 0 Å². The van der Waals surface area contributed by atoms with Crippen LogP contribution < -0.4 is 4.72 Å². The van der Waals surface area contributed by atoms with Crippen LogP contribution in [-0.2, 0) is 10.0 Å². The van der Waals surface area contributed by atoms with Crippen LogP contribution in [0.25, 0.3) is 0 Å². The molecule has 114 valence electrons. The van der Waals surface area contributed by atoms with Crippen LogP contribution in [0.1, 0.15) is 39.5 Å². The summed E-state index contributed by atoms with van der Waals surface area (Å²) in [6.07, 6.45) is 3.06. The van der Waals surface area contributed by atoms with Gasteiger partial charge in [0.25, 0.3) is 0 Å². The lowest BCUT2D eigenvalue weighted by molar-refractivity contribution is 0.0823. The SMILES string of the molecule is CC(C)CCS(=O)(=O)NCCCN1CCC(O)CC1. The Morgan fingerprint density at radius 1 is 1.32 bits per heavy atom. The van der Waals surface area contributed by atoms with Crippen molar-refractivity contribution in [1.82, 2.24) is 9.62 Å². The summed E-state index contributed by atoms with van der Waals surface area (Å²) in [7, 11) is -3.10. The van der Waals surface area contributed by atoms with Crippen molar-refractivity contribution in [3.63, 3.8) is 0 Å². The van der Waals surface area contributed by atoms with Crippen LogP contribution in [0.3, 0.4) is 0 Å². The molecule has 0 saturated carbocycles. The molecular weight excluding hydrogens is 264 g/mol.